The minimum absolute atomic E-state index is 0.845. The monoisotopic (exact) mass is 716 g/mol. The Kier molecular flexibility index (Phi) is 6.60. The van der Waals surface area contributed by atoms with Crippen molar-refractivity contribution in [2.24, 2.45) is 0 Å². The van der Waals surface area contributed by atoms with E-state index in [0.29, 0.717) is 0 Å². The lowest BCUT2D eigenvalue weighted by Gasteiger charge is -2.29. The first-order valence-corrected chi connectivity index (χ1v) is 19.0. The highest BCUT2D eigenvalue weighted by Crippen LogP contribution is 2.49. The summed E-state index contributed by atoms with van der Waals surface area (Å²) in [6.45, 7) is 0. The van der Waals surface area contributed by atoms with Gasteiger partial charge in [0.2, 0.25) is 0 Å². The molecule has 4 nitrogen and oxygen atoms in total. The van der Waals surface area contributed by atoms with E-state index in [4.69, 9.17) is 8.83 Å². The van der Waals surface area contributed by atoms with Gasteiger partial charge in [-0.1, -0.05) is 127 Å². The molecule has 56 heavy (non-hydrogen) atoms. The molecule has 0 aliphatic rings. The van der Waals surface area contributed by atoms with Gasteiger partial charge in [-0.05, 0) is 77.7 Å². The lowest BCUT2D eigenvalue weighted by atomic mass is 9.96. The predicted octanol–water partition coefficient (Wildman–Crippen LogP) is 14.9. The van der Waals surface area contributed by atoms with Gasteiger partial charge in [-0.3, -0.25) is 0 Å². The minimum Gasteiger partial charge on any atom is -0.456 e. The van der Waals surface area contributed by atoms with E-state index in [0.717, 1.165) is 88.5 Å². The van der Waals surface area contributed by atoms with E-state index in [2.05, 4.69) is 191 Å². The van der Waals surface area contributed by atoms with E-state index >= 15 is 0 Å². The van der Waals surface area contributed by atoms with Crippen LogP contribution in [0, 0.1) is 0 Å². The minimum atomic E-state index is 0.845. The first kappa shape index (κ1) is 30.9. The van der Waals surface area contributed by atoms with Gasteiger partial charge in [0, 0.05) is 49.3 Å². The fourth-order valence-corrected chi connectivity index (χ4v) is 9.00. The zero-order chi connectivity index (χ0) is 36.7. The average Bonchev–Trinajstić information content (AvgIpc) is 3.94. The zero-order valence-electron chi connectivity index (χ0n) is 30.2. The molecule has 0 aliphatic heterocycles. The summed E-state index contributed by atoms with van der Waals surface area (Å²) in [5.74, 6) is 0. The SMILES string of the molecule is c1cc(N(c2ccccc2-c2cccc3oc4ccccc4c23)c2cccc3oc4c5ccccc5ccc4c23)cc(-n2c3ccccc3c3ccccc32)c1. The van der Waals surface area contributed by atoms with Gasteiger partial charge in [-0.15, -0.1) is 0 Å². The second kappa shape index (κ2) is 12.0. The highest BCUT2D eigenvalue weighted by molar-refractivity contribution is 6.20. The maximum atomic E-state index is 6.77. The largest absolute Gasteiger partial charge is 0.456 e. The van der Waals surface area contributed by atoms with Crippen molar-refractivity contribution in [2.45, 2.75) is 0 Å². The van der Waals surface area contributed by atoms with Crippen LogP contribution in [0.25, 0.3) is 93.3 Å². The Morgan fingerprint density at radius 2 is 0.982 bits per heavy atom. The average molecular weight is 717 g/mol. The number of furan rings is 2. The lowest BCUT2D eigenvalue weighted by molar-refractivity contribution is 0.669. The maximum Gasteiger partial charge on any atom is 0.143 e. The van der Waals surface area contributed by atoms with Crippen molar-refractivity contribution in [3.8, 4) is 16.8 Å². The van der Waals surface area contributed by atoms with E-state index in [-0.39, 0.29) is 0 Å². The number of benzene rings is 9. The van der Waals surface area contributed by atoms with Crippen molar-refractivity contribution in [3.63, 3.8) is 0 Å². The molecule has 0 saturated carbocycles. The van der Waals surface area contributed by atoms with Gasteiger partial charge in [0.05, 0.1) is 27.8 Å². The second-order valence-corrected chi connectivity index (χ2v) is 14.4. The third-order valence-corrected chi connectivity index (χ3v) is 11.4. The van der Waals surface area contributed by atoms with Crippen molar-refractivity contribution in [1.29, 1.82) is 0 Å². The molecular weight excluding hydrogens is 685 g/mol. The van der Waals surface area contributed by atoms with Crippen LogP contribution in [-0.4, -0.2) is 4.57 Å². The number of para-hydroxylation sites is 4. The van der Waals surface area contributed by atoms with E-state index in [1.807, 2.05) is 12.1 Å². The Morgan fingerprint density at radius 3 is 1.82 bits per heavy atom. The number of nitrogens with zero attached hydrogens (tertiary/aromatic N) is 2. The van der Waals surface area contributed by atoms with Gasteiger partial charge in [0.15, 0.2) is 0 Å². The van der Waals surface area contributed by atoms with Crippen molar-refractivity contribution in [2.75, 3.05) is 4.90 Å². The Balaban J connectivity index is 1.17. The van der Waals surface area contributed by atoms with Crippen molar-refractivity contribution in [3.05, 3.63) is 194 Å². The summed E-state index contributed by atoms with van der Waals surface area (Å²) in [7, 11) is 0. The summed E-state index contributed by atoms with van der Waals surface area (Å²) < 4.78 is 15.6. The van der Waals surface area contributed by atoms with Gasteiger partial charge >= 0.3 is 0 Å². The third-order valence-electron chi connectivity index (χ3n) is 11.4. The molecule has 0 unspecified atom stereocenters. The summed E-state index contributed by atoms with van der Waals surface area (Å²) >= 11 is 0. The predicted molar refractivity (Wildman–Crippen MR) is 233 cm³/mol. The second-order valence-electron chi connectivity index (χ2n) is 14.4. The third kappa shape index (κ3) is 4.47. The summed E-state index contributed by atoms with van der Waals surface area (Å²) in [6, 6.07) is 69.0. The van der Waals surface area contributed by atoms with Crippen LogP contribution in [-0.2, 0) is 0 Å². The van der Waals surface area contributed by atoms with Gasteiger partial charge in [-0.2, -0.15) is 0 Å². The van der Waals surface area contributed by atoms with E-state index < -0.39 is 0 Å². The number of anilines is 3. The first-order chi connectivity index (χ1) is 27.8. The molecule has 12 rings (SSSR count). The molecule has 0 atom stereocenters. The van der Waals surface area contributed by atoms with Crippen molar-refractivity contribution >= 4 is 93.5 Å². The lowest BCUT2D eigenvalue weighted by Crippen LogP contribution is -2.12. The Hall–Kier alpha value is -7.56. The fraction of sp³-hybridized carbons (Fsp3) is 0. The van der Waals surface area contributed by atoms with Crippen LogP contribution in [0.15, 0.2) is 203 Å². The summed E-state index contributed by atoms with van der Waals surface area (Å²) in [6.07, 6.45) is 0. The summed E-state index contributed by atoms with van der Waals surface area (Å²) in [4.78, 5) is 2.42. The number of fused-ring (bicyclic) bond motifs is 11. The molecule has 3 heterocycles. The zero-order valence-corrected chi connectivity index (χ0v) is 30.2. The van der Waals surface area contributed by atoms with Gasteiger partial charge in [0.25, 0.3) is 0 Å². The molecule has 0 saturated heterocycles. The molecular formula is C52H32N2O2. The summed E-state index contributed by atoms with van der Waals surface area (Å²) in [5.41, 5.74) is 12.2. The first-order valence-electron chi connectivity index (χ1n) is 19.0. The van der Waals surface area contributed by atoms with Crippen LogP contribution in [0.3, 0.4) is 0 Å². The molecule has 0 aliphatic carbocycles. The molecule has 0 amide bonds. The van der Waals surface area contributed by atoms with Gasteiger partial charge in [-0.25, -0.2) is 0 Å². The maximum absolute atomic E-state index is 6.77. The highest BCUT2D eigenvalue weighted by atomic mass is 16.3. The van der Waals surface area contributed by atoms with Gasteiger partial charge < -0.3 is 18.3 Å². The van der Waals surface area contributed by atoms with Crippen LogP contribution in [0.4, 0.5) is 17.1 Å². The molecule has 4 heteroatoms. The smallest absolute Gasteiger partial charge is 0.143 e. The number of aromatic nitrogens is 1. The molecule has 0 bridgehead atoms. The fourth-order valence-electron chi connectivity index (χ4n) is 9.00. The van der Waals surface area contributed by atoms with Crippen LogP contribution in [0.2, 0.25) is 0 Å². The van der Waals surface area contributed by atoms with Gasteiger partial charge in [0.1, 0.15) is 22.3 Å². The van der Waals surface area contributed by atoms with Crippen molar-refractivity contribution in [1.82, 2.24) is 4.57 Å². The number of hydrogen-bond donors (Lipinski definition) is 0. The Morgan fingerprint density at radius 1 is 0.375 bits per heavy atom. The molecule has 262 valence electrons. The molecule has 0 radical (unpaired) electrons. The molecule has 9 aromatic carbocycles. The van der Waals surface area contributed by atoms with E-state index in [1.165, 1.54) is 21.8 Å². The van der Waals surface area contributed by atoms with E-state index in [9.17, 15) is 0 Å². The molecule has 0 fully saturated rings. The Bertz CT molecular complexity index is 3460. The topological polar surface area (TPSA) is 34.5 Å². The highest BCUT2D eigenvalue weighted by Gasteiger charge is 2.24. The quantitative estimate of drug-likeness (QED) is 0.178. The van der Waals surface area contributed by atoms with Crippen LogP contribution in [0.1, 0.15) is 0 Å². The molecule has 0 N–H and O–H groups in total. The summed E-state index contributed by atoms with van der Waals surface area (Å²) in [5, 5.41) is 9.08. The van der Waals surface area contributed by atoms with Crippen LogP contribution in [0.5, 0.6) is 0 Å². The van der Waals surface area contributed by atoms with Crippen LogP contribution < -0.4 is 4.90 Å². The van der Waals surface area contributed by atoms with Crippen LogP contribution >= 0.6 is 0 Å². The van der Waals surface area contributed by atoms with E-state index in [1.54, 1.807) is 0 Å². The van der Waals surface area contributed by atoms with Crippen molar-refractivity contribution < 1.29 is 8.83 Å². The number of hydrogen-bond acceptors (Lipinski definition) is 3. The molecule has 0 spiro atoms. The normalized spacial score (nSPS) is 11.9. The molecule has 3 aromatic heterocycles. The Labute approximate surface area is 321 Å². The number of rotatable bonds is 5. The standard InChI is InChI=1S/C52H32N2O2/c1-2-17-36-33(14-1)30-31-42-51-46(26-13-29-49(51)56-52(36)42)54(35-16-11-15-34(32-35)53-43-23-7-3-18-37(43)38-19-4-8-24-44(38)53)45-25-9-5-20-39(45)40-22-12-28-48-50(40)41-21-6-10-27-47(41)55-48/h1-32H. The molecule has 12 aromatic rings.